The van der Waals surface area contributed by atoms with Crippen molar-refractivity contribution in [2.45, 2.75) is 13.0 Å². The van der Waals surface area contributed by atoms with E-state index >= 15 is 0 Å². The second-order valence-electron chi connectivity index (χ2n) is 4.10. The molecule has 1 unspecified atom stereocenters. The summed E-state index contributed by atoms with van der Waals surface area (Å²) in [6.07, 6.45) is 1.83. The van der Waals surface area contributed by atoms with Gasteiger partial charge in [-0.25, -0.2) is 4.98 Å². The van der Waals surface area contributed by atoms with Crippen LogP contribution in [0.5, 0.6) is 0 Å². The third-order valence-corrected chi connectivity index (χ3v) is 4.17. The molecule has 0 bridgehead atoms. The quantitative estimate of drug-likeness (QED) is 0.934. The van der Waals surface area contributed by atoms with E-state index in [9.17, 15) is 0 Å². The van der Waals surface area contributed by atoms with Crippen LogP contribution in [0, 0.1) is 0 Å². The van der Waals surface area contributed by atoms with E-state index in [0.717, 1.165) is 22.0 Å². The SMILES string of the molecule is CCN(C)C(c1cnc(N)s1)c1ccccc1Cl. The topological polar surface area (TPSA) is 42.2 Å². The average Bonchev–Trinajstić information content (AvgIpc) is 2.78. The van der Waals surface area contributed by atoms with Crippen LogP contribution < -0.4 is 5.73 Å². The summed E-state index contributed by atoms with van der Waals surface area (Å²) in [4.78, 5) is 7.48. The zero-order valence-electron chi connectivity index (χ0n) is 10.4. The number of rotatable bonds is 4. The Morgan fingerprint density at radius 1 is 1.44 bits per heavy atom. The Morgan fingerprint density at radius 2 is 2.17 bits per heavy atom. The van der Waals surface area contributed by atoms with Gasteiger partial charge < -0.3 is 5.73 Å². The minimum Gasteiger partial charge on any atom is -0.375 e. The smallest absolute Gasteiger partial charge is 0.180 e. The van der Waals surface area contributed by atoms with Crippen molar-refractivity contribution in [3.05, 3.63) is 45.9 Å². The van der Waals surface area contributed by atoms with Crippen molar-refractivity contribution in [2.75, 3.05) is 19.3 Å². The monoisotopic (exact) mass is 281 g/mol. The van der Waals surface area contributed by atoms with Gasteiger partial charge in [0.05, 0.1) is 6.04 Å². The molecule has 0 fully saturated rings. The van der Waals surface area contributed by atoms with Crippen LogP contribution in [0.3, 0.4) is 0 Å². The first-order valence-electron chi connectivity index (χ1n) is 5.79. The van der Waals surface area contributed by atoms with Gasteiger partial charge in [0.25, 0.3) is 0 Å². The lowest BCUT2D eigenvalue weighted by atomic mass is 10.0. The number of benzene rings is 1. The molecule has 2 N–H and O–H groups in total. The first-order chi connectivity index (χ1) is 8.63. The Labute approximate surface area is 116 Å². The Morgan fingerprint density at radius 3 is 2.72 bits per heavy atom. The van der Waals surface area contributed by atoms with E-state index in [1.807, 2.05) is 24.4 Å². The summed E-state index contributed by atoms with van der Waals surface area (Å²) in [5.74, 6) is 0. The molecule has 2 rings (SSSR count). The lowest BCUT2D eigenvalue weighted by molar-refractivity contribution is 0.297. The van der Waals surface area contributed by atoms with Crippen LogP contribution in [0.25, 0.3) is 0 Å². The van der Waals surface area contributed by atoms with E-state index in [0.29, 0.717) is 5.13 Å². The van der Waals surface area contributed by atoms with Crippen LogP contribution in [-0.2, 0) is 0 Å². The Balaban J connectivity index is 2.47. The molecule has 0 saturated heterocycles. The first-order valence-corrected chi connectivity index (χ1v) is 6.98. The zero-order valence-corrected chi connectivity index (χ0v) is 12.0. The highest BCUT2D eigenvalue weighted by Crippen LogP contribution is 2.35. The highest BCUT2D eigenvalue weighted by molar-refractivity contribution is 7.15. The molecule has 1 heterocycles. The van der Waals surface area contributed by atoms with Gasteiger partial charge in [-0.3, -0.25) is 4.90 Å². The summed E-state index contributed by atoms with van der Waals surface area (Å²) < 4.78 is 0. The van der Waals surface area contributed by atoms with E-state index in [-0.39, 0.29) is 6.04 Å². The summed E-state index contributed by atoms with van der Waals surface area (Å²) in [7, 11) is 2.07. The Bertz CT molecular complexity index is 526. The summed E-state index contributed by atoms with van der Waals surface area (Å²) in [5, 5.41) is 1.36. The van der Waals surface area contributed by atoms with Gasteiger partial charge in [0.15, 0.2) is 5.13 Å². The van der Waals surface area contributed by atoms with E-state index in [1.54, 1.807) is 0 Å². The van der Waals surface area contributed by atoms with Gasteiger partial charge in [0.2, 0.25) is 0 Å². The number of thiazole rings is 1. The molecule has 2 aromatic rings. The van der Waals surface area contributed by atoms with Gasteiger partial charge in [-0.1, -0.05) is 36.7 Å². The van der Waals surface area contributed by atoms with E-state index in [4.69, 9.17) is 17.3 Å². The second-order valence-corrected chi connectivity index (χ2v) is 5.60. The molecular weight excluding hydrogens is 266 g/mol. The second kappa shape index (κ2) is 5.69. The molecule has 0 spiro atoms. The molecule has 0 amide bonds. The molecule has 96 valence electrons. The van der Waals surface area contributed by atoms with Gasteiger partial charge in [-0.15, -0.1) is 11.3 Å². The third-order valence-electron chi connectivity index (χ3n) is 2.95. The zero-order chi connectivity index (χ0) is 13.1. The largest absolute Gasteiger partial charge is 0.375 e. The fourth-order valence-electron chi connectivity index (χ4n) is 1.91. The van der Waals surface area contributed by atoms with Crippen molar-refractivity contribution < 1.29 is 0 Å². The number of nitrogen functional groups attached to an aromatic ring is 1. The molecule has 1 atom stereocenters. The molecule has 18 heavy (non-hydrogen) atoms. The number of nitrogens with zero attached hydrogens (tertiary/aromatic N) is 2. The average molecular weight is 282 g/mol. The van der Waals surface area contributed by atoms with Crippen LogP contribution in [0.1, 0.15) is 23.4 Å². The first kappa shape index (κ1) is 13.3. The van der Waals surface area contributed by atoms with Crippen molar-refractivity contribution in [2.24, 2.45) is 0 Å². The van der Waals surface area contributed by atoms with Crippen LogP contribution >= 0.6 is 22.9 Å². The Hall–Kier alpha value is -1.10. The van der Waals surface area contributed by atoms with Gasteiger partial charge in [-0.2, -0.15) is 0 Å². The summed E-state index contributed by atoms with van der Waals surface area (Å²) >= 11 is 7.81. The van der Waals surface area contributed by atoms with Crippen LogP contribution in [-0.4, -0.2) is 23.5 Å². The molecule has 0 aliphatic carbocycles. The van der Waals surface area contributed by atoms with Crippen molar-refractivity contribution in [3.63, 3.8) is 0 Å². The Kier molecular flexibility index (Phi) is 4.22. The lowest BCUT2D eigenvalue weighted by Crippen LogP contribution is -2.24. The molecule has 0 radical (unpaired) electrons. The fourth-order valence-corrected chi connectivity index (χ4v) is 3.02. The molecule has 5 heteroatoms. The molecular formula is C13H16ClN3S. The van der Waals surface area contributed by atoms with Crippen LogP contribution in [0.2, 0.25) is 5.02 Å². The standard InChI is InChI=1S/C13H16ClN3S/c1-3-17(2)12(11-8-16-13(15)18-11)9-6-4-5-7-10(9)14/h4-8,12H,3H2,1-2H3,(H2,15,16). The lowest BCUT2D eigenvalue weighted by Gasteiger charge is -2.26. The van der Waals surface area contributed by atoms with Crippen molar-refractivity contribution in [1.29, 1.82) is 0 Å². The summed E-state index contributed by atoms with van der Waals surface area (Å²) in [5.41, 5.74) is 6.82. The number of hydrogen-bond donors (Lipinski definition) is 1. The van der Waals surface area contributed by atoms with Crippen molar-refractivity contribution in [1.82, 2.24) is 9.88 Å². The number of halogens is 1. The normalized spacial score (nSPS) is 12.9. The molecule has 0 saturated carbocycles. The molecule has 1 aromatic carbocycles. The van der Waals surface area contributed by atoms with Gasteiger partial charge in [0, 0.05) is 16.1 Å². The molecule has 3 nitrogen and oxygen atoms in total. The van der Waals surface area contributed by atoms with Gasteiger partial charge in [0.1, 0.15) is 0 Å². The minimum absolute atomic E-state index is 0.110. The predicted octanol–water partition coefficient (Wildman–Crippen LogP) is 3.42. The number of aromatic nitrogens is 1. The predicted molar refractivity (Wildman–Crippen MR) is 78.1 cm³/mol. The van der Waals surface area contributed by atoms with Crippen molar-refractivity contribution in [3.8, 4) is 0 Å². The number of hydrogen-bond acceptors (Lipinski definition) is 4. The van der Waals surface area contributed by atoms with Crippen molar-refractivity contribution >= 4 is 28.1 Å². The highest BCUT2D eigenvalue weighted by Gasteiger charge is 2.22. The molecule has 1 aromatic heterocycles. The van der Waals surface area contributed by atoms with Gasteiger partial charge in [-0.05, 0) is 25.2 Å². The third kappa shape index (κ3) is 2.66. The minimum atomic E-state index is 0.110. The maximum Gasteiger partial charge on any atom is 0.180 e. The summed E-state index contributed by atoms with van der Waals surface area (Å²) in [6, 6.07) is 8.02. The fraction of sp³-hybridized carbons (Fsp3) is 0.308. The maximum absolute atomic E-state index is 6.30. The van der Waals surface area contributed by atoms with E-state index < -0.39 is 0 Å². The van der Waals surface area contributed by atoms with Crippen LogP contribution in [0.15, 0.2) is 30.5 Å². The number of nitrogens with two attached hydrogens (primary N) is 1. The highest BCUT2D eigenvalue weighted by atomic mass is 35.5. The summed E-state index contributed by atoms with van der Waals surface area (Å²) in [6.45, 7) is 3.04. The molecule has 0 aliphatic heterocycles. The van der Waals surface area contributed by atoms with E-state index in [1.165, 1.54) is 11.3 Å². The maximum atomic E-state index is 6.30. The van der Waals surface area contributed by atoms with E-state index in [2.05, 4.69) is 29.9 Å². The van der Waals surface area contributed by atoms with Gasteiger partial charge >= 0.3 is 0 Å². The number of anilines is 1. The molecule has 0 aliphatic rings. The van der Waals surface area contributed by atoms with Crippen LogP contribution in [0.4, 0.5) is 5.13 Å².